The summed E-state index contributed by atoms with van der Waals surface area (Å²) in [5.41, 5.74) is -0.594. The minimum absolute atomic E-state index is 0.0265. The summed E-state index contributed by atoms with van der Waals surface area (Å²) in [6, 6.07) is 0. The second-order valence-corrected chi connectivity index (χ2v) is 10.3. The lowest BCUT2D eigenvalue weighted by Gasteiger charge is -2.60. The fraction of sp³-hybridized carbons (Fsp3) is 0.783. The normalized spacial score (nSPS) is 45.3. The Hall–Kier alpha value is -1.77. The maximum absolute atomic E-state index is 12.5. The smallest absolute Gasteiger partial charge is 0.344 e. The van der Waals surface area contributed by atoms with E-state index in [2.05, 4.69) is 12.1 Å². The van der Waals surface area contributed by atoms with Crippen molar-refractivity contribution in [2.24, 2.45) is 33.7 Å². The zero-order valence-electron chi connectivity index (χ0n) is 18.2. The Morgan fingerprint density at radius 3 is 2.65 bits per heavy atom. The molecule has 4 aliphatic carbocycles. The van der Waals surface area contributed by atoms with Crippen LogP contribution in [0.1, 0.15) is 58.8 Å². The van der Waals surface area contributed by atoms with Gasteiger partial charge in [0.05, 0.1) is 11.8 Å². The van der Waals surface area contributed by atoms with E-state index in [1.165, 1.54) is 5.57 Å². The number of carbonyl (C=O) groups is 2. The SMILES string of the molecule is CC12CC/C(=N/OCC(=O)O)C=C1CCC1C2C(O)CC2(C)C1CCC2(O)C(=O)CO. The van der Waals surface area contributed by atoms with Gasteiger partial charge in [0.25, 0.3) is 0 Å². The highest BCUT2D eigenvalue weighted by Crippen LogP contribution is 2.67. The molecular weight excluding hydrogens is 402 g/mol. The largest absolute Gasteiger partial charge is 0.479 e. The van der Waals surface area contributed by atoms with Crippen LogP contribution < -0.4 is 0 Å². The highest BCUT2D eigenvalue weighted by molar-refractivity contribution is 5.96. The second kappa shape index (κ2) is 7.67. The van der Waals surface area contributed by atoms with E-state index in [1.807, 2.05) is 13.0 Å². The average Bonchev–Trinajstić information content (AvgIpc) is 2.98. The molecule has 4 rings (SSSR count). The minimum atomic E-state index is -1.58. The van der Waals surface area contributed by atoms with Crippen molar-refractivity contribution in [2.75, 3.05) is 13.2 Å². The van der Waals surface area contributed by atoms with Crippen LogP contribution in [0.3, 0.4) is 0 Å². The van der Waals surface area contributed by atoms with Crippen molar-refractivity contribution in [1.82, 2.24) is 0 Å². The van der Waals surface area contributed by atoms with Crippen LogP contribution >= 0.6 is 0 Å². The maximum atomic E-state index is 12.5. The van der Waals surface area contributed by atoms with Gasteiger partial charge in [-0.25, -0.2) is 4.79 Å². The number of hydrogen-bond donors (Lipinski definition) is 4. The summed E-state index contributed by atoms with van der Waals surface area (Å²) >= 11 is 0. The van der Waals surface area contributed by atoms with Gasteiger partial charge in [0.2, 0.25) is 6.61 Å². The molecular formula is C23H33NO7. The van der Waals surface area contributed by atoms with Crippen molar-refractivity contribution < 1.29 is 34.9 Å². The molecule has 0 aromatic rings. The molecule has 3 saturated carbocycles. The molecule has 0 amide bonds. The number of nitrogens with zero attached hydrogens (tertiary/aromatic N) is 1. The standard InChI is InChI=1S/C23H33NO7/c1-21-7-5-14(24-31-12-19(28)29)9-13(21)3-4-15-16-6-8-23(30,18(27)11-25)22(16,2)10-17(26)20(15)21/h9,15-17,20,25-26,30H,3-8,10-12H2,1-2H3,(H,28,29)/b24-14-. The number of hydrogen-bond acceptors (Lipinski definition) is 7. The number of oxime groups is 1. The third-order valence-corrected chi connectivity index (χ3v) is 9.04. The fourth-order valence-electron chi connectivity index (χ4n) is 7.54. The summed E-state index contributed by atoms with van der Waals surface area (Å²) in [5, 5.41) is 44.8. The molecule has 7 atom stereocenters. The second-order valence-electron chi connectivity index (χ2n) is 10.3. The van der Waals surface area contributed by atoms with E-state index >= 15 is 0 Å². The maximum Gasteiger partial charge on any atom is 0.344 e. The topological polar surface area (TPSA) is 137 Å². The monoisotopic (exact) mass is 435 g/mol. The van der Waals surface area contributed by atoms with Crippen LogP contribution in [0.2, 0.25) is 0 Å². The number of carboxylic acids is 1. The molecule has 0 spiro atoms. The van der Waals surface area contributed by atoms with E-state index in [0.717, 1.165) is 31.4 Å². The lowest BCUT2D eigenvalue weighted by atomic mass is 9.45. The highest BCUT2D eigenvalue weighted by atomic mass is 16.6. The number of carboxylic acid groups (broad SMARTS) is 1. The number of aliphatic carboxylic acids is 1. The molecule has 4 aliphatic rings. The van der Waals surface area contributed by atoms with Gasteiger partial charge < -0.3 is 25.3 Å². The molecule has 8 nitrogen and oxygen atoms in total. The molecule has 3 fully saturated rings. The Balaban J connectivity index is 1.62. The zero-order valence-corrected chi connectivity index (χ0v) is 18.2. The van der Waals surface area contributed by atoms with Crippen LogP contribution in [-0.4, -0.2) is 62.8 Å². The summed E-state index contributed by atoms with van der Waals surface area (Å²) in [6.07, 6.45) is 5.86. The van der Waals surface area contributed by atoms with Gasteiger partial charge in [0, 0.05) is 5.41 Å². The first kappa shape index (κ1) is 22.4. The average molecular weight is 436 g/mol. The minimum Gasteiger partial charge on any atom is -0.479 e. The highest BCUT2D eigenvalue weighted by Gasteiger charge is 2.68. The third kappa shape index (κ3) is 3.26. The summed E-state index contributed by atoms with van der Waals surface area (Å²) in [6.45, 7) is 2.95. The Bertz CT molecular complexity index is 838. The third-order valence-electron chi connectivity index (χ3n) is 9.04. The molecule has 0 bridgehead atoms. The molecule has 31 heavy (non-hydrogen) atoms. The van der Waals surface area contributed by atoms with Crippen molar-refractivity contribution in [2.45, 2.75) is 70.5 Å². The van der Waals surface area contributed by atoms with E-state index < -0.39 is 42.1 Å². The van der Waals surface area contributed by atoms with Crippen molar-refractivity contribution in [3.05, 3.63) is 11.6 Å². The number of aliphatic hydroxyl groups is 3. The number of Topliss-reactive ketones (excluding diaryl/α,β-unsaturated/α-hetero) is 1. The van der Waals surface area contributed by atoms with Crippen LogP contribution in [0.4, 0.5) is 0 Å². The fourth-order valence-corrected chi connectivity index (χ4v) is 7.54. The van der Waals surface area contributed by atoms with E-state index in [1.54, 1.807) is 0 Å². The van der Waals surface area contributed by atoms with Gasteiger partial charge in [-0.3, -0.25) is 4.79 Å². The van der Waals surface area contributed by atoms with Crippen LogP contribution in [0, 0.1) is 28.6 Å². The van der Waals surface area contributed by atoms with Gasteiger partial charge >= 0.3 is 5.97 Å². The van der Waals surface area contributed by atoms with Gasteiger partial charge in [-0.2, -0.15) is 0 Å². The molecule has 0 saturated heterocycles. The lowest BCUT2D eigenvalue weighted by molar-refractivity contribution is -0.181. The van der Waals surface area contributed by atoms with E-state index in [-0.39, 0.29) is 23.2 Å². The number of ketones is 1. The first-order valence-electron chi connectivity index (χ1n) is 11.2. The number of fused-ring (bicyclic) bond motifs is 5. The van der Waals surface area contributed by atoms with Gasteiger partial charge in [-0.05, 0) is 74.2 Å². The van der Waals surface area contributed by atoms with Crippen LogP contribution in [-0.2, 0) is 14.4 Å². The number of allylic oxidation sites excluding steroid dienone is 2. The Morgan fingerprint density at radius 1 is 1.23 bits per heavy atom. The van der Waals surface area contributed by atoms with Gasteiger partial charge in [-0.1, -0.05) is 24.6 Å². The Morgan fingerprint density at radius 2 is 1.97 bits per heavy atom. The van der Waals surface area contributed by atoms with E-state index in [0.29, 0.717) is 19.3 Å². The molecule has 172 valence electrons. The van der Waals surface area contributed by atoms with Crippen molar-refractivity contribution in [3.63, 3.8) is 0 Å². The molecule has 8 heteroatoms. The summed E-state index contributed by atoms with van der Waals surface area (Å²) < 4.78 is 0. The molecule has 0 heterocycles. The summed E-state index contributed by atoms with van der Waals surface area (Å²) in [7, 11) is 0. The number of rotatable bonds is 5. The number of carbonyl (C=O) groups excluding carboxylic acids is 1. The lowest BCUT2D eigenvalue weighted by Crippen LogP contribution is -2.62. The van der Waals surface area contributed by atoms with E-state index in [4.69, 9.17) is 9.94 Å². The van der Waals surface area contributed by atoms with Crippen molar-refractivity contribution >= 4 is 17.5 Å². The first-order chi connectivity index (χ1) is 14.6. The molecule has 0 aromatic heterocycles. The Kier molecular flexibility index (Phi) is 5.55. The number of aliphatic hydroxyl groups excluding tert-OH is 2. The quantitative estimate of drug-likeness (QED) is 0.482. The molecule has 0 aromatic carbocycles. The van der Waals surface area contributed by atoms with Gasteiger partial charge in [0.1, 0.15) is 12.2 Å². The molecule has 0 aliphatic heterocycles. The van der Waals surface area contributed by atoms with Crippen LogP contribution in [0.25, 0.3) is 0 Å². The Labute approximate surface area is 182 Å². The predicted molar refractivity (Wildman–Crippen MR) is 111 cm³/mol. The predicted octanol–water partition coefficient (Wildman–Crippen LogP) is 1.67. The van der Waals surface area contributed by atoms with Crippen molar-refractivity contribution in [1.29, 1.82) is 0 Å². The van der Waals surface area contributed by atoms with Crippen molar-refractivity contribution in [3.8, 4) is 0 Å². The zero-order chi connectivity index (χ0) is 22.6. The van der Waals surface area contributed by atoms with E-state index in [9.17, 15) is 24.9 Å². The molecule has 0 radical (unpaired) electrons. The van der Waals surface area contributed by atoms with Crippen LogP contribution in [0.15, 0.2) is 16.8 Å². The molecule has 7 unspecified atom stereocenters. The molecule has 4 N–H and O–H groups in total. The summed E-state index contributed by atoms with van der Waals surface area (Å²) in [5.74, 6) is -1.26. The summed E-state index contributed by atoms with van der Waals surface area (Å²) in [4.78, 5) is 28.0. The van der Waals surface area contributed by atoms with Gasteiger partial charge in [0.15, 0.2) is 5.78 Å². The first-order valence-corrected chi connectivity index (χ1v) is 11.2. The van der Waals surface area contributed by atoms with Gasteiger partial charge in [-0.15, -0.1) is 0 Å². The van der Waals surface area contributed by atoms with Crippen LogP contribution in [0.5, 0.6) is 0 Å².